The van der Waals surface area contributed by atoms with E-state index in [0.717, 1.165) is 22.3 Å². The van der Waals surface area contributed by atoms with Crippen LogP contribution in [0.4, 0.5) is 4.79 Å². The highest BCUT2D eigenvalue weighted by Crippen LogP contribution is 2.44. The van der Waals surface area contributed by atoms with Crippen molar-refractivity contribution in [2.24, 2.45) is 0 Å². The van der Waals surface area contributed by atoms with Crippen molar-refractivity contribution in [1.82, 2.24) is 5.32 Å². The molecule has 3 rings (SSSR count). The van der Waals surface area contributed by atoms with Crippen LogP contribution < -0.4 is 5.32 Å². The molecular weight excluding hydrogens is 386 g/mol. The molecule has 0 spiro atoms. The first-order valence-corrected chi connectivity index (χ1v) is 10.0. The van der Waals surface area contributed by atoms with E-state index in [2.05, 4.69) is 17.4 Å². The van der Waals surface area contributed by atoms with E-state index in [1.165, 1.54) is 0 Å². The van der Waals surface area contributed by atoms with Gasteiger partial charge in [-0.25, -0.2) is 9.59 Å². The van der Waals surface area contributed by atoms with Crippen LogP contribution in [0.1, 0.15) is 29.9 Å². The molecule has 2 aromatic carbocycles. The van der Waals surface area contributed by atoms with Crippen LogP contribution in [0.3, 0.4) is 0 Å². The van der Waals surface area contributed by atoms with Gasteiger partial charge in [0.1, 0.15) is 12.6 Å². The predicted octanol–water partition coefficient (Wildman–Crippen LogP) is 3.42. The van der Waals surface area contributed by atoms with Gasteiger partial charge in [0.25, 0.3) is 0 Å². The smallest absolute Gasteiger partial charge is 0.407 e. The Morgan fingerprint density at radius 3 is 2.23 bits per heavy atom. The van der Waals surface area contributed by atoms with Crippen molar-refractivity contribution < 1.29 is 28.9 Å². The van der Waals surface area contributed by atoms with Gasteiger partial charge in [0.05, 0.1) is 13.2 Å². The van der Waals surface area contributed by atoms with Crippen LogP contribution in [0.5, 0.6) is 0 Å². The average molecular weight is 413 g/mol. The van der Waals surface area contributed by atoms with Gasteiger partial charge in [-0.15, -0.1) is 0 Å². The zero-order valence-corrected chi connectivity index (χ0v) is 17.0. The molecule has 1 amide bonds. The summed E-state index contributed by atoms with van der Waals surface area (Å²) in [6.07, 6.45) is 0.0289. The second kappa shape index (κ2) is 10.8. The fourth-order valence-electron chi connectivity index (χ4n) is 3.67. The Morgan fingerprint density at radius 2 is 1.63 bits per heavy atom. The number of aliphatic carboxylic acids is 1. The highest BCUT2D eigenvalue weighted by atomic mass is 16.5. The van der Waals surface area contributed by atoms with Gasteiger partial charge in [0.15, 0.2) is 0 Å². The summed E-state index contributed by atoms with van der Waals surface area (Å²) in [4.78, 5) is 23.7. The first-order valence-electron chi connectivity index (χ1n) is 10.0. The monoisotopic (exact) mass is 413 g/mol. The Hall–Kier alpha value is -2.90. The maximum Gasteiger partial charge on any atom is 0.407 e. The van der Waals surface area contributed by atoms with Crippen LogP contribution in [-0.2, 0) is 19.0 Å². The Morgan fingerprint density at radius 1 is 1.00 bits per heavy atom. The van der Waals surface area contributed by atoms with Crippen LogP contribution in [0.25, 0.3) is 11.1 Å². The summed E-state index contributed by atoms with van der Waals surface area (Å²) in [5.41, 5.74) is 4.49. The lowest BCUT2D eigenvalue weighted by Crippen LogP contribution is -2.41. The summed E-state index contributed by atoms with van der Waals surface area (Å²) >= 11 is 0. The van der Waals surface area contributed by atoms with Gasteiger partial charge < -0.3 is 24.6 Å². The lowest BCUT2D eigenvalue weighted by atomic mass is 9.98. The van der Waals surface area contributed by atoms with E-state index < -0.39 is 18.1 Å². The zero-order valence-electron chi connectivity index (χ0n) is 17.0. The van der Waals surface area contributed by atoms with Gasteiger partial charge in [0.2, 0.25) is 0 Å². The van der Waals surface area contributed by atoms with Crippen LogP contribution >= 0.6 is 0 Å². The van der Waals surface area contributed by atoms with Gasteiger partial charge in [0, 0.05) is 19.6 Å². The Kier molecular flexibility index (Phi) is 7.82. The first kappa shape index (κ1) is 21.8. The Balaban J connectivity index is 1.53. The molecule has 1 atom stereocenters. The van der Waals surface area contributed by atoms with Gasteiger partial charge in [-0.05, 0) is 35.1 Å². The number of fused-ring (bicyclic) bond motifs is 3. The van der Waals surface area contributed by atoms with Crippen molar-refractivity contribution in [3.63, 3.8) is 0 Å². The number of ether oxygens (including phenoxy) is 3. The molecule has 1 aliphatic rings. The van der Waals surface area contributed by atoms with Crippen LogP contribution in [-0.4, -0.2) is 56.7 Å². The van der Waals surface area contributed by atoms with Crippen molar-refractivity contribution in [2.45, 2.75) is 24.8 Å². The molecule has 7 nitrogen and oxygen atoms in total. The number of rotatable bonds is 11. The van der Waals surface area contributed by atoms with Gasteiger partial charge in [-0.1, -0.05) is 48.5 Å². The SMILES string of the molecule is COCCOCCCC(NC(=O)OCC1c2ccccc2-c2ccccc21)C(=O)O. The molecule has 0 saturated carbocycles. The number of alkyl carbamates (subject to hydrolysis) is 1. The molecule has 160 valence electrons. The number of carbonyl (C=O) groups excluding carboxylic acids is 1. The third-order valence-electron chi connectivity index (χ3n) is 5.15. The molecule has 2 aromatic rings. The lowest BCUT2D eigenvalue weighted by molar-refractivity contribution is -0.139. The van der Waals surface area contributed by atoms with Gasteiger partial charge in [-0.2, -0.15) is 0 Å². The number of carbonyl (C=O) groups is 2. The lowest BCUT2D eigenvalue weighted by Gasteiger charge is -2.17. The standard InChI is InChI=1S/C23H27NO6/c1-28-13-14-29-12-6-11-21(22(25)26)24-23(27)30-15-20-18-9-4-2-7-16(18)17-8-3-5-10-19(17)20/h2-5,7-10,20-21H,6,11-15H2,1H3,(H,24,27)(H,25,26). The summed E-state index contributed by atoms with van der Waals surface area (Å²) in [5, 5.41) is 11.8. The van der Waals surface area contributed by atoms with E-state index in [9.17, 15) is 14.7 Å². The van der Waals surface area contributed by atoms with Crippen molar-refractivity contribution >= 4 is 12.1 Å². The van der Waals surface area contributed by atoms with E-state index in [4.69, 9.17) is 14.2 Å². The van der Waals surface area contributed by atoms with E-state index in [1.807, 2.05) is 36.4 Å². The fourth-order valence-corrected chi connectivity index (χ4v) is 3.67. The molecule has 30 heavy (non-hydrogen) atoms. The highest BCUT2D eigenvalue weighted by Gasteiger charge is 2.29. The normalized spacial score (nSPS) is 13.4. The minimum atomic E-state index is -1.10. The molecule has 0 saturated heterocycles. The number of methoxy groups -OCH3 is 1. The number of amides is 1. The Labute approximate surface area is 176 Å². The zero-order chi connectivity index (χ0) is 21.3. The third-order valence-corrected chi connectivity index (χ3v) is 5.15. The van der Waals surface area contributed by atoms with Crippen molar-refractivity contribution in [3.05, 3.63) is 59.7 Å². The number of hydrogen-bond acceptors (Lipinski definition) is 5. The minimum Gasteiger partial charge on any atom is -0.480 e. The number of benzene rings is 2. The fraction of sp³-hybridized carbons (Fsp3) is 0.391. The van der Waals surface area contributed by atoms with Crippen LogP contribution in [0.15, 0.2) is 48.5 Å². The summed E-state index contributed by atoms with van der Waals surface area (Å²) < 4.78 is 15.6. The van der Waals surface area contributed by atoms with Gasteiger partial charge in [-0.3, -0.25) is 0 Å². The molecule has 1 aliphatic carbocycles. The van der Waals surface area contributed by atoms with Crippen molar-refractivity contribution in [3.8, 4) is 11.1 Å². The molecular formula is C23H27NO6. The number of carboxylic acid groups (broad SMARTS) is 1. The van der Waals surface area contributed by atoms with E-state index in [1.54, 1.807) is 7.11 Å². The first-order chi connectivity index (χ1) is 14.6. The molecule has 0 heterocycles. The van der Waals surface area contributed by atoms with E-state index >= 15 is 0 Å². The van der Waals surface area contributed by atoms with Crippen LogP contribution in [0, 0.1) is 0 Å². The predicted molar refractivity (Wildman–Crippen MR) is 112 cm³/mol. The topological polar surface area (TPSA) is 94.1 Å². The Bertz CT molecular complexity index is 823. The third kappa shape index (κ3) is 5.37. The molecule has 0 radical (unpaired) electrons. The van der Waals surface area contributed by atoms with Crippen LogP contribution in [0.2, 0.25) is 0 Å². The quantitative estimate of drug-likeness (QED) is 0.548. The summed E-state index contributed by atoms with van der Waals surface area (Å²) in [6, 6.07) is 15.1. The number of nitrogens with one attached hydrogen (secondary N) is 1. The number of carboxylic acids is 1. The number of hydrogen-bond donors (Lipinski definition) is 2. The molecule has 0 bridgehead atoms. The molecule has 7 heteroatoms. The second-order valence-corrected chi connectivity index (χ2v) is 7.11. The summed E-state index contributed by atoms with van der Waals surface area (Å²) in [6.45, 7) is 1.49. The minimum absolute atomic E-state index is 0.0689. The second-order valence-electron chi connectivity index (χ2n) is 7.11. The van der Waals surface area contributed by atoms with E-state index in [0.29, 0.717) is 26.2 Å². The average Bonchev–Trinajstić information content (AvgIpc) is 3.07. The largest absolute Gasteiger partial charge is 0.480 e. The highest BCUT2D eigenvalue weighted by molar-refractivity contribution is 5.81. The summed E-state index contributed by atoms with van der Waals surface area (Å²) in [7, 11) is 1.59. The van der Waals surface area contributed by atoms with Crippen molar-refractivity contribution in [2.75, 3.05) is 33.5 Å². The molecule has 2 N–H and O–H groups in total. The molecule has 0 fully saturated rings. The molecule has 0 aliphatic heterocycles. The molecule has 1 unspecified atom stereocenters. The van der Waals surface area contributed by atoms with Gasteiger partial charge >= 0.3 is 12.1 Å². The maximum atomic E-state index is 12.3. The summed E-state index contributed by atoms with van der Waals surface area (Å²) in [5.74, 6) is -1.17. The van der Waals surface area contributed by atoms with E-state index in [-0.39, 0.29) is 18.9 Å². The van der Waals surface area contributed by atoms with Crippen molar-refractivity contribution in [1.29, 1.82) is 0 Å². The molecule has 0 aromatic heterocycles. The maximum absolute atomic E-state index is 12.3.